The zero-order valence-electron chi connectivity index (χ0n) is 14.4. The lowest BCUT2D eigenvalue weighted by Gasteiger charge is -2.24. The van der Waals surface area contributed by atoms with Crippen molar-refractivity contribution in [3.8, 4) is 5.75 Å². The highest BCUT2D eigenvalue weighted by Gasteiger charge is 2.29. The fraction of sp³-hybridized carbons (Fsp3) is 0.588. The van der Waals surface area contributed by atoms with E-state index in [-0.39, 0.29) is 29.6 Å². The van der Waals surface area contributed by atoms with Gasteiger partial charge < -0.3 is 20.1 Å². The van der Waals surface area contributed by atoms with Crippen LogP contribution in [0.4, 0.5) is 0 Å². The van der Waals surface area contributed by atoms with Crippen LogP contribution < -0.4 is 15.4 Å². The second-order valence-corrected chi connectivity index (χ2v) is 5.99. The van der Waals surface area contributed by atoms with Gasteiger partial charge in [0.05, 0.1) is 12.7 Å². The summed E-state index contributed by atoms with van der Waals surface area (Å²) >= 11 is 0. The first kappa shape index (κ1) is 20.0. The number of aliphatic imine (C=N–C) groups is 1. The van der Waals surface area contributed by atoms with Crippen molar-refractivity contribution in [1.82, 2.24) is 10.6 Å². The molecule has 1 aliphatic rings. The maximum atomic E-state index is 5.78. The number of ether oxygens (including phenoxy) is 2. The number of methoxy groups -OCH3 is 1. The van der Waals surface area contributed by atoms with E-state index in [1.165, 1.54) is 5.56 Å². The molecule has 23 heavy (non-hydrogen) atoms. The third-order valence-electron chi connectivity index (χ3n) is 4.07. The van der Waals surface area contributed by atoms with Crippen LogP contribution in [0.25, 0.3) is 0 Å². The van der Waals surface area contributed by atoms with Crippen LogP contribution in [0.15, 0.2) is 23.2 Å². The van der Waals surface area contributed by atoms with Crippen molar-refractivity contribution in [3.05, 3.63) is 29.3 Å². The molecule has 0 saturated carbocycles. The summed E-state index contributed by atoms with van der Waals surface area (Å²) in [5, 5.41) is 6.68. The molecule has 1 fully saturated rings. The van der Waals surface area contributed by atoms with E-state index in [9.17, 15) is 0 Å². The average Bonchev–Trinajstić information content (AvgIpc) is 2.94. The first-order valence-corrected chi connectivity index (χ1v) is 7.78. The highest BCUT2D eigenvalue weighted by atomic mass is 127. The molecule has 1 saturated heterocycles. The number of halogens is 1. The summed E-state index contributed by atoms with van der Waals surface area (Å²) in [6.07, 6.45) is 2.23. The number of hydrogen-bond acceptors (Lipinski definition) is 3. The van der Waals surface area contributed by atoms with E-state index in [2.05, 4.69) is 34.7 Å². The van der Waals surface area contributed by atoms with Gasteiger partial charge in [-0.25, -0.2) is 0 Å². The van der Waals surface area contributed by atoms with Gasteiger partial charge in [-0.1, -0.05) is 12.1 Å². The number of nitrogens with zero attached hydrogens (tertiary/aromatic N) is 1. The summed E-state index contributed by atoms with van der Waals surface area (Å²) < 4.78 is 11.1. The molecule has 6 heteroatoms. The molecule has 1 aliphatic heterocycles. The quantitative estimate of drug-likeness (QED) is 0.426. The van der Waals surface area contributed by atoms with Crippen LogP contribution in [0.5, 0.6) is 5.75 Å². The molecule has 0 radical (unpaired) electrons. The molecule has 5 nitrogen and oxygen atoms in total. The number of nitrogens with one attached hydrogen (secondary N) is 2. The second-order valence-electron chi connectivity index (χ2n) is 5.99. The molecular formula is C17H28IN3O2. The Morgan fingerprint density at radius 3 is 2.74 bits per heavy atom. The molecule has 130 valence electrons. The molecule has 2 N–H and O–H groups in total. The Kier molecular flexibility index (Phi) is 8.11. The maximum Gasteiger partial charge on any atom is 0.191 e. The van der Waals surface area contributed by atoms with Gasteiger partial charge >= 0.3 is 0 Å². The van der Waals surface area contributed by atoms with E-state index in [1.807, 2.05) is 13.0 Å². The van der Waals surface area contributed by atoms with Gasteiger partial charge in [0.25, 0.3) is 0 Å². The maximum absolute atomic E-state index is 5.78. The Labute approximate surface area is 156 Å². The van der Waals surface area contributed by atoms with Crippen LogP contribution >= 0.6 is 24.0 Å². The minimum Gasteiger partial charge on any atom is -0.496 e. The van der Waals surface area contributed by atoms with Crippen molar-refractivity contribution in [2.45, 2.75) is 38.8 Å². The van der Waals surface area contributed by atoms with Gasteiger partial charge in [-0.15, -0.1) is 24.0 Å². The summed E-state index contributed by atoms with van der Waals surface area (Å²) in [6, 6.07) is 6.18. The molecule has 0 amide bonds. The molecule has 1 unspecified atom stereocenters. The molecule has 2 rings (SSSR count). The van der Waals surface area contributed by atoms with E-state index >= 15 is 0 Å². The van der Waals surface area contributed by atoms with Gasteiger partial charge in [-0.3, -0.25) is 4.99 Å². The van der Waals surface area contributed by atoms with Crippen LogP contribution in [0.1, 0.15) is 30.9 Å². The van der Waals surface area contributed by atoms with E-state index in [0.717, 1.165) is 49.8 Å². The standard InChI is InChI=1S/C17H27N3O2.HI/c1-13-10-14(6-7-15(13)21-4)11-19-16(18-3)20-12-17(2)8-5-9-22-17;/h6-7,10H,5,8-9,11-12H2,1-4H3,(H2,18,19,20);1H. The Balaban J connectivity index is 0.00000264. The molecule has 1 heterocycles. The van der Waals surface area contributed by atoms with Crippen LogP contribution in [0.3, 0.4) is 0 Å². The normalized spacial score (nSPS) is 20.8. The third kappa shape index (κ3) is 5.84. The molecule has 0 aliphatic carbocycles. The largest absolute Gasteiger partial charge is 0.496 e. The van der Waals surface area contributed by atoms with Crippen molar-refractivity contribution >= 4 is 29.9 Å². The predicted molar refractivity (Wildman–Crippen MR) is 105 cm³/mol. The Hall–Kier alpha value is -1.02. The van der Waals surface area contributed by atoms with Gasteiger partial charge in [0.15, 0.2) is 5.96 Å². The number of rotatable bonds is 5. The Bertz CT molecular complexity index is 529. The lowest BCUT2D eigenvalue weighted by molar-refractivity contribution is 0.0243. The van der Waals surface area contributed by atoms with Crippen LogP contribution in [0.2, 0.25) is 0 Å². The number of benzene rings is 1. The molecule has 1 atom stereocenters. The predicted octanol–water partition coefficient (Wildman–Crippen LogP) is 2.86. The van der Waals surface area contributed by atoms with Crippen molar-refractivity contribution in [1.29, 1.82) is 0 Å². The molecule has 0 aromatic heterocycles. The summed E-state index contributed by atoms with van der Waals surface area (Å²) in [4.78, 5) is 4.27. The zero-order chi connectivity index (χ0) is 16.0. The fourth-order valence-corrected chi connectivity index (χ4v) is 2.70. The Morgan fingerprint density at radius 1 is 1.39 bits per heavy atom. The first-order chi connectivity index (χ1) is 10.6. The summed E-state index contributed by atoms with van der Waals surface area (Å²) in [5.74, 6) is 1.71. The second kappa shape index (κ2) is 9.32. The number of hydrogen-bond donors (Lipinski definition) is 2. The van der Waals surface area contributed by atoms with Crippen molar-refractivity contribution in [2.24, 2.45) is 4.99 Å². The van der Waals surface area contributed by atoms with E-state index in [1.54, 1.807) is 14.2 Å². The van der Waals surface area contributed by atoms with E-state index < -0.39 is 0 Å². The SMILES string of the molecule is CN=C(NCc1ccc(OC)c(C)c1)NCC1(C)CCCO1.I. The topological polar surface area (TPSA) is 54.9 Å². The lowest BCUT2D eigenvalue weighted by Crippen LogP contribution is -2.45. The van der Waals surface area contributed by atoms with Gasteiger partial charge in [0, 0.05) is 26.7 Å². The van der Waals surface area contributed by atoms with Crippen LogP contribution in [-0.4, -0.2) is 38.9 Å². The van der Waals surface area contributed by atoms with Gasteiger partial charge in [0.1, 0.15) is 5.75 Å². The first-order valence-electron chi connectivity index (χ1n) is 7.78. The Morgan fingerprint density at radius 2 is 2.17 bits per heavy atom. The van der Waals surface area contributed by atoms with Crippen molar-refractivity contribution in [3.63, 3.8) is 0 Å². The summed E-state index contributed by atoms with van der Waals surface area (Å²) in [5.41, 5.74) is 2.26. The highest BCUT2D eigenvalue weighted by Crippen LogP contribution is 2.23. The van der Waals surface area contributed by atoms with Crippen LogP contribution in [-0.2, 0) is 11.3 Å². The van der Waals surface area contributed by atoms with E-state index in [0.29, 0.717) is 0 Å². The van der Waals surface area contributed by atoms with Crippen molar-refractivity contribution in [2.75, 3.05) is 27.3 Å². The lowest BCUT2D eigenvalue weighted by atomic mass is 10.0. The van der Waals surface area contributed by atoms with Crippen molar-refractivity contribution < 1.29 is 9.47 Å². The molecule has 1 aromatic carbocycles. The third-order valence-corrected chi connectivity index (χ3v) is 4.07. The molecule has 1 aromatic rings. The number of aryl methyl sites for hydroxylation is 1. The van der Waals surface area contributed by atoms with Crippen LogP contribution in [0, 0.1) is 6.92 Å². The average molecular weight is 433 g/mol. The number of guanidine groups is 1. The molecular weight excluding hydrogens is 405 g/mol. The summed E-state index contributed by atoms with van der Waals surface area (Å²) in [7, 11) is 3.48. The highest BCUT2D eigenvalue weighted by molar-refractivity contribution is 14.0. The van der Waals surface area contributed by atoms with E-state index in [4.69, 9.17) is 9.47 Å². The zero-order valence-corrected chi connectivity index (χ0v) is 16.8. The molecule has 0 bridgehead atoms. The fourth-order valence-electron chi connectivity index (χ4n) is 2.70. The smallest absolute Gasteiger partial charge is 0.191 e. The molecule has 0 spiro atoms. The van der Waals surface area contributed by atoms with Gasteiger partial charge in [-0.2, -0.15) is 0 Å². The minimum atomic E-state index is -0.0751. The minimum absolute atomic E-state index is 0. The van der Waals surface area contributed by atoms with Gasteiger partial charge in [0.2, 0.25) is 0 Å². The van der Waals surface area contributed by atoms with Gasteiger partial charge in [-0.05, 0) is 43.9 Å². The monoisotopic (exact) mass is 433 g/mol. The summed E-state index contributed by atoms with van der Waals surface area (Å²) in [6.45, 7) is 6.55.